The first kappa shape index (κ1) is 19.7. The number of carbonyl (C=O) groups excluding carboxylic acids is 1. The van der Waals surface area contributed by atoms with Crippen LogP contribution in [0.1, 0.15) is 45.8 Å². The molecule has 152 valence electrons. The average Bonchev–Trinajstić information content (AvgIpc) is 3.15. The number of fused-ring (bicyclic) bond motifs is 1. The average molecular weight is 410 g/mol. The van der Waals surface area contributed by atoms with Crippen LogP contribution in [0, 0.1) is 18.8 Å². The van der Waals surface area contributed by atoms with E-state index in [1.54, 1.807) is 10.9 Å². The molecule has 1 amide bonds. The van der Waals surface area contributed by atoms with E-state index in [4.69, 9.17) is 0 Å². The monoisotopic (exact) mass is 410 g/mol. The lowest BCUT2D eigenvalue weighted by Crippen LogP contribution is -2.43. The van der Waals surface area contributed by atoms with Gasteiger partial charge in [0.1, 0.15) is 5.69 Å². The lowest BCUT2D eigenvalue weighted by atomic mass is 10.1. The topological polar surface area (TPSA) is 51.0 Å². The number of aryl methyl sites for hydroxylation is 1. The van der Waals surface area contributed by atoms with Crippen molar-refractivity contribution in [1.82, 2.24) is 14.8 Å². The maximum Gasteiger partial charge on any atom is 0.416 e. The first-order chi connectivity index (χ1) is 14.2. The third kappa shape index (κ3) is 3.66. The second kappa shape index (κ2) is 7.34. The number of hydrogen-bond donors (Lipinski definition) is 0. The third-order valence-corrected chi connectivity index (χ3v) is 4.87. The van der Waals surface area contributed by atoms with E-state index in [2.05, 4.69) is 21.9 Å². The molecular weight excluding hydrogens is 393 g/mol. The summed E-state index contributed by atoms with van der Waals surface area (Å²) in [7, 11) is 0. The van der Waals surface area contributed by atoms with Crippen molar-refractivity contribution < 1.29 is 18.0 Å². The molecule has 4 rings (SSSR count). The van der Waals surface area contributed by atoms with Crippen molar-refractivity contribution in [3.63, 3.8) is 0 Å². The molecular formula is C22H17F3N4O. The van der Waals surface area contributed by atoms with E-state index in [-0.39, 0.29) is 11.9 Å². The molecule has 0 saturated carbocycles. The fraction of sp³-hybridized carbons (Fsp3) is 0.227. The van der Waals surface area contributed by atoms with Crippen molar-refractivity contribution in [2.24, 2.45) is 0 Å². The highest BCUT2D eigenvalue weighted by atomic mass is 19.4. The molecule has 1 atom stereocenters. The molecule has 3 aromatic rings. The quantitative estimate of drug-likeness (QED) is 0.565. The second-order valence-corrected chi connectivity index (χ2v) is 7.10. The first-order valence-electron chi connectivity index (χ1n) is 9.25. The van der Waals surface area contributed by atoms with E-state index < -0.39 is 11.7 Å². The van der Waals surface area contributed by atoms with Gasteiger partial charge in [-0.25, -0.2) is 0 Å². The van der Waals surface area contributed by atoms with Gasteiger partial charge in [0, 0.05) is 29.7 Å². The number of rotatable bonds is 1. The number of anilines is 1. The van der Waals surface area contributed by atoms with E-state index >= 15 is 0 Å². The first-order valence-corrected chi connectivity index (χ1v) is 9.25. The number of amides is 1. The minimum atomic E-state index is -4.43. The summed E-state index contributed by atoms with van der Waals surface area (Å²) in [5.41, 5.74) is 2.00. The van der Waals surface area contributed by atoms with Gasteiger partial charge in [-0.15, -0.1) is 0 Å². The molecule has 2 aromatic heterocycles. The molecule has 0 N–H and O–H groups in total. The van der Waals surface area contributed by atoms with Crippen LogP contribution in [-0.2, 0) is 6.18 Å². The van der Waals surface area contributed by atoms with Gasteiger partial charge in [0.25, 0.3) is 5.91 Å². The van der Waals surface area contributed by atoms with E-state index in [1.807, 2.05) is 26.0 Å². The Bertz CT molecular complexity index is 1150. The zero-order valence-corrected chi connectivity index (χ0v) is 16.2. The summed E-state index contributed by atoms with van der Waals surface area (Å²) in [6.07, 6.45) is -1.24. The zero-order chi connectivity index (χ0) is 21.5. The highest BCUT2D eigenvalue weighted by molar-refractivity contribution is 6.07. The minimum Gasteiger partial charge on any atom is -0.305 e. The molecule has 8 heteroatoms. The SMILES string of the molecule is Cc1ccc(C#Cc2cnn3c2C(=O)N(c2ccc(C(F)(F)F)cc2)C[C@@H]3C)cn1. The maximum absolute atomic E-state index is 13.1. The number of alkyl halides is 3. The molecule has 1 aromatic carbocycles. The van der Waals surface area contributed by atoms with Gasteiger partial charge in [0.15, 0.2) is 0 Å². The van der Waals surface area contributed by atoms with Gasteiger partial charge in [0.2, 0.25) is 0 Å². The van der Waals surface area contributed by atoms with Gasteiger partial charge in [-0.1, -0.05) is 11.8 Å². The van der Waals surface area contributed by atoms with Crippen LogP contribution in [0.2, 0.25) is 0 Å². The van der Waals surface area contributed by atoms with E-state index in [9.17, 15) is 18.0 Å². The lowest BCUT2D eigenvalue weighted by molar-refractivity contribution is -0.137. The normalized spacial score (nSPS) is 16.1. The highest BCUT2D eigenvalue weighted by Gasteiger charge is 2.34. The Morgan fingerprint density at radius 3 is 2.43 bits per heavy atom. The van der Waals surface area contributed by atoms with Crippen molar-refractivity contribution >= 4 is 11.6 Å². The van der Waals surface area contributed by atoms with Gasteiger partial charge < -0.3 is 4.90 Å². The number of nitrogens with zero attached hydrogens (tertiary/aromatic N) is 4. The van der Waals surface area contributed by atoms with E-state index in [1.165, 1.54) is 23.2 Å². The molecule has 0 spiro atoms. The largest absolute Gasteiger partial charge is 0.416 e. The van der Waals surface area contributed by atoms with E-state index in [0.29, 0.717) is 29.1 Å². The third-order valence-electron chi connectivity index (χ3n) is 4.87. The summed E-state index contributed by atoms with van der Waals surface area (Å²) < 4.78 is 40.1. The summed E-state index contributed by atoms with van der Waals surface area (Å²) in [4.78, 5) is 18.8. The number of aromatic nitrogens is 3. The van der Waals surface area contributed by atoms with Crippen LogP contribution in [0.5, 0.6) is 0 Å². The fourth-order valence-corrected chi connectivity index (χ4v) is 3.29. The van der Waals surface area contributed by atoms with Crippen LogP contribution < -0.4 is 4.90 Å². The van der Waals surface area contributed by atoms with Crippen molar-refractivity contribution in [2.75, 3.05) is 11.4 Å². The number of benzene rings is 1. The molecule has 0 fully saturated rings. The van der Waals surface area contributed by atoms with Crippen molar-refractivity contribution in [3.05, 3.63) is 76.9 Å². The van der Waals surface area contributed by atoms with E-state index in [0.717, 1.165) is 17.8 Å². The smallest absolute Gasteiger partial charge is 0.305 e. The van der Waals surface area contributed by atoms with Crippen LogP contribution in [0.4, 0.5) is 18.9 Å². The Hall–Kier alpha value is -3.60. The number of pyridine rings is 1. The Morgan fingerprint density at radius 2 is 1.80 bits per heavy atom. The van der Waals surface area contributed by atoms with Crippen LogP contribution in [0.15, 0.2) is 48.8 Å². The van der Waals surface area contributed by atoms with Gasteiger partial charge in [-0.05, 0) is 50.2 Å². The number of halogens is 3. The zero-order valence-electron chi connectivity index (χ0n) is 16.2. The Morgan fingerprint density at radius 1 is 1.07 bits per heavy atom. The maximum atomic E-state index is 13.1. The Labute approximate surface area is 171 Å². The Balaban J connectivity index is 1.67. The summed E-state index contributed by atoms with van der Waals surface area (Å²) in [6.45, 7) is 4.07. The Kier molecular flexibility index (Phi) is 4.82. The molecule has 0 unspecified atom stereocenters. The molecule has 1 aliphatic rings. The molecule has 0 radical (unpaired) electrons. The van der Waals surface area contributed by atoms with Crippen LogP contribution >= 0.6 is 0 Å². The van der Waals surface area contributed by atoms with Crippen LogP contribution in [0.25, 0.3) is 0 Å². The molecule has 30 heavy (non-hydrogen) atoms. The molecule has 0 bridgehead atoms. The predicted molar refractivity (Wildman–Crippen MR) is 105 cm³/mol. The minimum absolute atomic E-state index is 0.156. The summed E-state index contributed by atoms with van der Waals surface area (Å²) >= 11 is 0. The summed E-state index contributed by atoms with van der Waals surface area (Å²) in [5, 5.41) is 4.29. The standard InChI is InChI=1S/C22H17F3N4O/c1-14-3-4-16(11-26-14)5-6-17-12-27-29-15(2)13-28(21(30)20(17)29)19-9-7-18(8-10-19)22(23,24)25/h3-4,7-12,15H,13H2,1-2H3/t15-/m0/s1. The summed E-state index contributed by atoms with van der Waals surface area (Å²) in [6, 6.07) is 8.10. The van der Waals surface area contributed by atoms with Gasteiger partial charge in [-0.3, -0.25) is 14.5 Å². The van der Waals surface area contributed by atoms with Gasteiger partial charge in [0.05, 0.1) is 23.4 Å². The van der Waals surface area contributed by atoms with Crippen LogP contribution in [-0.4, -0.2) is 27.2 Å². The van der Waals surface area contributed by atoms with Crippen molar-refractivity contribution in [2.45, 2.75) is 26.1 Å². The highest BCUT2D eigenvalue weighted by Crippen LogP contribution is 2.32. The van der Waals surface area contributed by atoms with Crippen molar-refractivity contribution in [3.8, 4) is 11.8 Å². The van der Waals surface area contributed by atoms with Crippen LogP contribution in [0.3, 0.4) is 0 Å². The van der Waals surface area contributed by atoms with Gasteiger partial charge >= 0.3 is 6.18 Å². The second-order valence-electron chi connectivity index (χ2n) is 7.10. The predicted octanol–water partition coefficient (Wildman–Crippen LogP) is 4.23. The molecule has 3 heterocycles. The number of hydrogen-bond acceptors (Lipinski definition) is 3. The molecule has 1 aliphatic heterocycles. The molecule has 5 nitrogen and oxygen atoms in total. The molecule has 0 aliphatic carbocycles. The summed E-state index contributed by atoms with van der Waals surface area (Å²) in [5.74, 6) is 5.60. The fourth-order valence-electron chi connectivity index (χ4n) is 3.29. The number of carbonyl (C=O) groups is 1. The molecule has 0 saturated heterocycles. The van der Waals surface area contributed by atoms with Gasteiger partial charge in [-0.2, -0.15) is 18.3 Å². The van der Waals surface area contributed by atoms with Crippen molar-refractivity contribution in [1.29, 1.82) is 0 Å². The lowest BCUT2D eigenvalue weighted by Gasteiger charge is -2.32.